The van der Waals surface area contributed by atoms with Gasteiger partial charge in [-0.15, -0.1) is 13.2 Å². The summed E-state index contributed by atoms with van der Waals surface area (Å²) in [5.41, 5.74) is 1.06. The van der Waals surface area contributed by atoms with Crippen molar-refractivity contribution in [3.05, 3.63) is 70.8 Å². The maximum atomic E-state index is 12.0. The van der Waals surface area contributed by atoms with Crippen LogP contribution in [0.15, 0.2) is 65.3 Å². The number of halogens is 4. The number of hydrogen-bond donors (Lipinski definition) is 1. The molecule has 0 aliphatic rings. The lowest BCUT2D eigenvalue weighted by molar-refractivity contribution is -0.274. The van der Waals surface area contributed by atoms with Gasteiger partial charge in [-0.1, -0.05) is 15.9 Å². The molecular formula is C16H11BrF3NO2. The SMILES string of the molecule is O=C(/C=C\Nc1ccc(OC(F)(F)F)cc1)c1ccc(Br)cc1. The molecule has 0 saturated heterocycles. The molecule has 0 radical (unpaired) electrons. The van der Waals surface area contributed by atoms with Crippen LogP contribution in [-0.4, -0.2) is 12.1 Å². The van der Waals surface area contributed by atoms with E-state index < -0.39 is 6.36 Å². The van der Waals surface area contributed by atoms with Gasteiger partial charge in [-0.05, 0) is 48.5 Å². The smallest absolute Gasteiger partial charge is 0.406 e. The highest BCUT2D eigenvalue weighted by Crippen LogP contribution is 2.23. The van der Waals surface area contributed by atoms with Crippen LogP contribution in [0.1, 0.15) is 10.4 Å². The van der Waals surface area contributed by atoms with Crippen molar-refractivity contribution >= 4 is 27.4 Å². The minimum Gasteiger partial charge on any atom is -0.406 e. The second kappa shape index (κ2) is 7.32. The molecule has 0 atom stereocenters. The molecule has 0 spiro atoms. The molecule has 0 fully saturated rings. The van der Waals surface area contributed by atoms with Crippen LogP contribution in [0, 0.1) is 0 Å². The molecule has 2 aromatic rings. The summed E-state index contributed by atoms with van der Waals surface area (Å²) >= 11 is 3.28. The van der Waals surface area contributed by atoms with Gasteiger partial charge in [-0.3, -0.25) is 4.79 Å². The van der Waals surface area contributed by atoms with E-state index in [1.807, 2.05) is 0 Å². The predicted octanol–water partition coefficient (Wildman–Crippen LogP) is 5.16. The van der Waals surface area contributed by atoms with Gasteiger partial charge in [-0.2, -0.15) is 0 Å². The largest absolute Gasteiger partial charge is 0.573 e. The van der Waals surface area contributed by atoms with Gasteiger partial charge in [0.15, 0.2) is 5.78 Å². The van der Waals surface area contributed by atoms with Crippen molar-refractivity contribution in [1.82, 2.24) is 0 Å². The fourth-order valence-corrected chi connectivity index (χ4v) is 1.94. The second-order valence-corrected chi connectivity index (χ2v) is 5.34. The van der Waals surface area contributed by atoms with Crippen LogP contribution in [-0.2, 0) is 0 Å². The highest BCUT2D eigenvalue weighted by atomic mass is 79.9. The Morgan fingerprint density at radius 2 is 1.65 bits per heavy atom. The molecule has 0 aliphatic heterocycles. The molecule has 0 aromatic heterocycles. The van der Waals surface area contributed by atoms with E-state index in [4.69, 9.17) is 0 Å². The molecule has 7 heteroatoms. The summed E-state index contributed by atoms with van der Waals surface area (Å²) in [6.45, 7) is 0. The van der Waals surface area contributed by atoms with Crippen molar-refractivity contribution in [2.45, 2.75) is 6.36 Å². The van der Waals surface area contributed by atoms with Gasteiger partial charge in [0.05, 0.1) is 0 Å². The van der Waals surface area contributed by atoms with E-state index in [9.17, 15) is 18.0 Å². The molecule has 1 N–H and O–H groups in total. The number of hydrogen-bond acceptors (Lipinski definition) is 3. The molecule has 2 rings (SSSR count). The number of benzene rings is 2. The Balaban J connectivity index is 1.92. The Morgan fingerprint density at radius 3 is 2.22 bits per heavy atom. The number of ether oxygens (including phenoxy) is 1. The monoisotopic (exact) mass is 385 g/mol. The fourth-order valence-electron chi connectivity index (χ4n) is 1.68. The Kier molecular flexibility index (Phi) is 5.44. The van der Waals surface area contributed by atoms with Crippen LogP contribution in [0.25, 0.3) is 0 Å². The van der Waals surface area contributed by atoms with Crippen molar-refractivity contribution in [3.8, 4) is 5.75 Å². The van der Waals surface area contributed by atoms with Crippen molar-refractivity contribution in [2.24, 2.45) is 0 Å². The molecule has 0 unspecified atom stereocenters. The Morgan fingerprint density at radius 1 is 1.04 bits per heavy atom. The highest BCUT2D eigenvalue weighted by Gasteiger charge is 2.30. The molecule has 0 amide bonds. The zero-order valence-electron chi connectivity index (χ0n) is 11.6. The standard InChI is InChI=1S/C16H11BrF3NO2/c17-12-3-1-11(2-4-12)15(22)9-10-21-13-5-7-14(8-6-13)23-16(18,19)20/h1-10,21H/b10-9-. The zero-order chi connectivity index (χ0) is 16.9. The topological polar surface area (TPSA) is 38.3 Å². The van der Waals surface area contributed by atoms with E-state index in [1.165, 1.54) is 36.5 Å². The van der Waals surface area contributed by atoms with E-state index in [-0.39, 0.29) is 11.5 Å². The second-order valence-electron chi connectivity index (χ2n) is 4.42. The van der Waals surface area contributed by atoms with Crippen LogP contribution in [0.3, 0.4) is 0 Å². The highest BCUT2D eigenvalue weighted by molar-refractivity contribution is 9.10. The third-order valence-electron chi connectivity index (χ3n) is 2.70. The molecule has 23 heavy (non-hydrogen) atoms. The Labute approximate surface area is 138 Å². The van der Waals surface area contributed by atoms with Gasteiger partial charge < -0.3 is 10.1 Å². The van der Waals surface area contributed by atoms with Crippen LogP contribution in [0.2, 0.25) is 0 Å². The number of alkyl halides is 3. The summed E-state index contributed by atoms with van der Waals surface area (Å²) in [7, 11) is 0. The summed E-state index contributed by atoms with van der Waals surface area (Å²) in [6.07, 6.45) is -1.96. The van der Waals surface area contributed by atoms with Gasteiger partial charge >= 0.3 is 6.36 Å². The van der Waals surface area contributed by atoms with Crippen LogP contribution in [0.4, 0.5) is 18.9 Å². The number of rotatable bonds is 5. The molecule has 0 bridgehead atoms. The van der Waals surface area contributed by atoms with E-state index in [1.54, 1.807) is 24.3 Å². The number of ketones is 1. The number of carbonyl (C=O) groups is 1. The Hall–Kier alpha value is -2.28. The van der Waals surface area contributed by atoms with E-state index >= 15 is 0 Å². The average molecular weight is 386 g/mol. The van der Waals surface area contributed by atoms with Crippen LogP contribution >= 0.6 is 15.9 Å². The molecule has 120 valence electrons. The van der Waals surface area contributed by atoms with Crippen molar-refractivity contribution in [2.75, 3.05) is 5.32 Å². The normalized spacial score (nSPS) is 11.5. The molecule has 0 aliphatic carbocycles. The fraction of sp³-hybridized carbons (Fsp3) is 0.0625. The first-order valence-electron chi connectivity index (χ1n) is 6.42. The summed E-state index contributed by atoms with van der Waals surface area (Å²) in [6, 6.07) is 12.1. The summed E-state index contributed by atoms with van der Waals surface area (Å²) in [5.74, 6) is -0.500. The lowest BCUT2D eigenvalue weighted by Gasteiger charge is -2.09. The molecule has 2 aromatic carbocycles. The minimum absolute atomic E-state index is 0.193. The zero-order valence-corrected chi connectivity index (χ0v) is 13.2. The molecule has 0 heterocycles. The lowest BCUT2D eigenvalue weighted by Crippen LogP contribution is -2.16. The maximum Gasteiger partial charge on any atom is 0.573 e. The third kappa shape index (κ3) is 5.78. The summed E-state index contributed by atoms with van der Waals surface area (Å²) < 4.78 is 40.7. The van der Waals surface area contributed by atoms with E-state index in [0.717, 1.165) is 4.47 Å². The Bertz CT molecular complexity index is 695. The first-order chi connectivity index (χ1) is 10.8. The van der Waals surface area contributed by atoms with Gasteiger partial charge in [-0.25, -0.2) is 0 Å². The number of carbonyl (C=O) groups excluding carboxylic acids is 1. The first kappa shape index (κ1) is 17.1. The number of nitrogens with one attached hydrogen (secondary N) is 1. The lowest BCUT2D eigenvalue weighted by atomic mass is 10.1. The van der Waals surface area contributed by atoms with Crippen molar-refractivity contribution in [3.63, 3.8) is 0 Å². The first-order valence-corrected chi connectivity index (χ1v) is 7.21. The quantitative estimate of drug-likeness (QED) is 0.570. The van der Waals surface area contributed by atoms with Crippen molar-refractivity contribution < 1.29 is 22.7 Å². The molecule has 3 nitrogen and oxygen atoms in total. The summed E-state index contributed by atoms with van der Waals surface area (Å²) in [4.78, 5) is 11.9. The van der Waals surface area contributed by atoms with Gasteiger partial charge in [0.2, 0.25) is 0 Å². The number of anilines is 1. The molecular weight excluding hydrogens is 375 g/mol. The van der Waals surface area contributed by atoms with Crippen LogP contribution < -0.4 is 10.1 Å². The average Bonchev–Trinajstić information content (AvgIpc) is 2.48. The van der Waals surface area contributed by atoms with Gasteiger partial charge in [0, 0.05) is 28.0 Å². The third-order valence-corrected chi connectivity index (χ3v) is 3.23. The van der Waals surface area contributed by atoms with Crippen LogP contribution in [0.5, 0.6) is 5.75 Å². The van der Waals surface area contributed by atoms with Gasteiger partial charge in [0.1, 0.15) is 5.75 Å². The van der Waals surface area contributed by atoms with Crippen molar-refractivity contribution in [1.29, 1.82) is 0 Å². The molecule has 0 saturated carbocycles. The maximum absolute atomic E-state index is 12.0. The minimum atomic E-state index is -4.72. The van der Waals surface area contributed by atoms with Gasteiger partial charge in [0.25, 0.3) is 0 Å². The van der Waals surface area contributed by atoms with E-state index in [0.29, 0.717) is 11.3 Å². The van der Waals surface area contributed by atoms with E-state index in [2.05, 4.69) is 26.0 Å². The number of allylic oxidation sites excluding steroid dienone is 1. The predicted molar refractivity (Wildman–Crippen MR) is 84.4 cm³/mol. The summed E-state index contributed by atoms with van der Waals surface area (Å²) in [5, 5.41) is 2.80.